The standard InChI is InChI=1S/C11H15ClN2O/c1-13-6-7-14-11(15)8-9-4-2-3-5-10(9)12/h2-5,13H,6-8H2,1H3,(H,14,15). The Morgan fingerprint density at radius 1 is 1.33 bits per heavy atom. The van der Waals surface area contributed by atoms with Gasteiger partial charge in [-0.05, 0) is 18.7 Å². The third-order valence-electron chi connectivity index (χ3n) is 2.01. The van der Waals surface area contributed by atoms with E-state index in [2.05, 4.69) is 10.6 Å². The van der Waals surface area contributed by atoms with Gasteiger partial charge in [-0.2, -0.15) is 0 Å². The van der Waals surface area contributed by atoms with Gasteiger partial charge in [-0.25, -0.2) is 0 Å². The normalized spacial score (nSPS) is 10.0. The summed E-state index contributed by atoms with van der Waals surface area (Å²) in [4.78, 5) is 11.4. The summed E-state index contributed by atoms with van der Waals surface area (Å²) in [5, 5.41) is 6.40. The molecule has 0 atom stereocenters. The number of carbonyl (C=O) groups is 1. The number of amides is 1. The van der Waals surface area contributed by atoms with Gasteiger partial charge in [-0.15, -0.1) is 0 Å². The molecule has 82 valence electrons. The Morgan fingerprint density at radius 3 is 2.73 bits per heavy atom. The molecule has 3 nitrogen and oxygen atoms in total. The first kappa shape index (κ1) is 12.0. The van der Waals surface area contributed by atoms with E-state index in [0.29, 0.717) is 18.0 Å². The summed E-state index contributed by atoms with van der Waals surface area (Å²) >= 11 is 5.94. The molecule has 0 radical (unpaired) electrons. The van der Waals surface area contributed by atoms with Crippen LogP contribution < -0.4 is 10.6 Å². The fraction of sp³-hybridized carbons (Fsp3) is 0.364. The Hall–Kier alpha value is -1.06. The summed E-state index contributed by atoms with van der Waals surface area (Å²) in [5.41, 5.74) is 0.862. The molecule has 0 bridgehead atoms. The van der Waals surface area contributed by atoms with Crippen LogP contribution in [0.1, 0.15) is 5.56 Å². The van der Waals surface area contributed by atoms with Crippen molar-refractivity contribution in [1.29, 1.82) is 0 Å². The van der Waals surface area contributed by atoms with Crippen LogP contribution in [0.3, 0.4) is 0 Å². The number of halogens is 1. The minimum absolute atomic E-state index is 0.00153. The van der Waals surface area contributed by atoms with Crippen molar-refractivity contribution in [3.8, 4) is 0 Å². The lowest BCUT2D eigenvalue weighted by Crippen LogP contribution is -2.31. The van der Waals surface area contributed by atoms with Crippen molar-refractivity contribution in [3.05, 3.63) is 34.9 Å². The minimum atomic E-state index is -0.00153. The molecule has 0 aliphatic carbocycles. The van der Waals surface area contributed by atoms with E-state index in [9.17, 15) is 4.79 Å². The summed E-state index contributed by atoms with van der Waals surface area (Å²) in [6, 6.07) is 7.38. The van der Waals surface area contributed by atoms with E-state index < -0.39 is 0 Å². The fourth-order valence-electron chi connectivity index (χ4n) is 1.20. The maximum atomic E-state index is 11.4. The van der Waals surface area contributed by atoms with Crippen LogP contribution in [0, 0.1) is 0 Å². The van der Waals surface area contributed by atoms with E-state index in [1.165, 1.54) is 0 Å². The first-order chi connectivity index (χ1) is 7.24. The molecule has 1 rings (SSSR count). The van der Waals surface area contributed by atoms with Crippen LogP contribution in [-0.2, 0) is 11.2 Å². The predicted octanol–water partition coefficient (Wildman–Crippen LogP) is 1.22. The SMILES string of the molecule is CNCCNC(=O)Cc1ccccc1Cl. The van der Waals surface area contributed by atoms with Gasteiger partial charge < -0.3 is 10.6 Å². The Kier molecular flexibility index (Phi) is 5.15. The topological polar surface area (TPSA) is 41.1 Å². The van der Waals surface area contributed by atoms with E-state index in [0.717, 1.165) is 12.1 Å². The number of likely N-dealkylation sites (N-methyl/N-ethyl adjacent to an activating group) is 1. The van der Waals surface area contributed by atoms with Crippen LogP contribution >= 0.6 is 11.6 Å². The molecule has 4 heteroatoms. The van der Waals surface area contributed by atoms with Gasteiger partial charge in [0.05, 0.1) is 6.42 Å². The van der Waals surface area contributed by atoms with E-state index in [4.69, 9.17) is 11.6 Å². The second kappa shape index (κ2) is 6.43. The Balaban J connectivity index is 2.41. The van der Waals surface area contributed by atoms with Crippen molar-refractivity contribution in [2.45, 2.75) is 6.42 Å². The quantitative estimate of drug-likeness (QED) is 0.742. The third kappa shape index (κ3) is 4.32. The maximum Gasteiger partial charge on any atom is 0.224 e. The third-order valence-corrected chi connectivity index (χ3v) is 2.37. The molecule has 0 aliphatic rings. The summed E-state index contributed by atoms with van der Waals surface area (Å²) in [5.74, 6) is -0.00153. The highest BCUT2D eigenvalue weighted by molar-refractivity contribution is 6.31. The molecule has 15 heavy (non-hydrogen) atoms. The van der Waals surface area contributed by atoms with E-state index in [1.807, 2.05) is 25.2 Å². The maximum absolute atomic E-state index is 11.4. The monoisotopic (exact) mass is 226 g/mol. The van der Waals surface area contributed by atoms with Crippen LogP contribution in [0.25, 0.3) is 0 Å². The van der Waals surface area contributed by atoms with E-state index >= 15 is 0 Å². The molecule has 1 aromatic rings. The van der Waals surface area contributed by atoms with Gasteiger partial charge >= 0.3 is 0 Å². The van der Waals surface area contributed by atoms with Crippen molar-refractivity contribution in [2.24, 2.45) is 0 Å². The zero-order valence-corrected chi connectivity index (χ0v) is 9.47. The number of nitrogens with one attached hydrogen (secondary N) is 2. The van der Waals surface area contributed by atoms with Crippen LogP contribution in [0.5, 0.6) is 0 Å². The molecule has 0 fully saturated rings. The minimum Gasteiger partial charge on any atom is -0.355 e. The lowest BCUT2D eigenvalue weighted by molar-refractivity contribution is -0.120. The average Bonchev–Trinajstić information content (AvgIpc) is 2.22. The van der Waals surface area contributed by atoms with Crippen molar-refractivity contribution in [1.82, 2.24) is 10.6 Å². The second-order valence-corrected chi connectivity index (χ2v) is 3.63. The molecule has 2 N–H and O–H groups in total. The van der Waals surface area contributed by atoms with E-state index in [-0.39, 0.29) is 5.91 Å². The number of hydrogen-bond acceptors (Lipinski definition) is 2. The number of carbonyl (C=O) groups excluding carboxylic acids is 1. The molecule has 0 aliphatic heterocycles. The molecule has 1 aromatic carbocycles. The molecular weight excluding hydrogens is 212 g/mol. The zero-order valence-electron chi connectivity index (χ0n) is 8.72. The first-order valence-electron chi connectivity index (χ1n) is 4.88. The highest BCUT2D eigenvalue weighted by atomic mass is 35.5. The van der Waals surface area contributed by atoms with Gasteiger partial charge in [0, 0.05) is 18.1 Å². The number of rotatable bonds is 5. The largest absolute Gasteiger partial charge is 0.355 e. The second-order valence-electron chi connectivity index (χ2n) is 3.22. The zero-order chi connectivity index (χ0) is 11.1. The summed E-state index contributed by atoms with van der Waals surface area (Å²) < 4.78 is 0. The molecule has 0 aromatic heterocycles. The Morgan fingerprint density at radius 2 is 2.07 bits per heavy atom. The van der Waals surface area contributed by atoms with Crippen LogP contribution in [0.2, 0.25) is 5.02 Å². The van der Waals surface area contributed by atoms with Crippen molar-refractivity contribution in [2.75, 3.05) is 20.1 Å². The average molecular weight is 227 g/mol. The summed E-state index contributed by atoms with van der Waals surface area (Å²) in [7, 11) is 1.85. The molecule has 0 spiro atoms. The number of hydrogen-bond donors (Lipinski definition) is 2. The first-order valence-corrected chi connectivity index (χ1v) is 5.26. The molecule has 0 saturated heterocycles. The Bertz CT molecular complexity index is 328. The van der Waals surface area contributed by atoms with Crippen molar-refractivity contribution in [3.63, 3.8) is 0 Å². The van der Waals surface area contributed by atoms with Gasteiger partial charge in [0.2, 0.25) is 5.91 Å². The van der Waals surface area contributed by atoms with Gasteiger partial charge in [0.25, 0.3) is 0 Å². The highest BCUT2D eigenvalue weighted by Crippen LogP contribution is 2.14. The van der Waals surface area contributed by atoms with Gasteiger partial charge in [-0.1, -0.05) is 29.8 Å². The molecular formula is C11H15ClN2O. The fourth-order valence-corrected chi connectivity index (χ4v) is 1.41. The smallest absolute Gasteiger partial charge is 0.224 e. The van der Waals surface area contributed by atoms with Gasteiger partial charge in [0.1, 0.15) is 0 Å². The van der Waals surface area contributed by atoms with Crippen LogP contribution in [-0.4, -0.2) is 26.0 Å². The predicted molar refractivity (Wildman–Crippen MR) is 62.1 cm³/mol. The molecule has 0 unspecified atom stereocenters. The van der Waals surface area contributed by atoms with Gasteiger partial charge in [-0.3, -0.25) is 4.79 Å². The number of benzene rings is 1. The molecule has 0 saturated carbocycles. The summed E-state index contributed by atoms with van der Waals surface area (Å²) in [6.07, 6.45) is 0.337. The molecule has 0 heterocycles. The van der Waals surface area contributed by atoms with Crippen molar-refractivity contribution >= 4 is 17.5 Å². The van der Waals surface area contributed by atoms with Crippen LogP contribution in [0.15, 0.2) is 24.3 Å². The van der Waals surface area contributed by atoms with Crippen molar-refractivity contribution < 1.29 is 4.79 Å². The van der Waals surface area contributed by atoms with Crippen LogP contribution in [0.4, 0.5) is 0 Å². The lowest BCUT2D eigenvalue weighted by atomic mass is 10.1. The highest BCUT2D eigenvalue weighted by Gasteiger charge is 2.05. The van der Waals surface area contributed by atoms with Gasteiger partial charge in [0.15, 0.2) is 0 Å². The lowest BCUT2D eigenvalue weighted by Gasteiger charge is -2.05. The summed E-state index contributed by atoms with van der Waals surface area (Å²) in [6.45, 7) is 1.41. The van der Waals surface area contributed by atoms with E-state index in [1.54, 1.807) is 6.07 Å². The molecule has 1 amide bonds. The Labute approximate surface area is 94.8 Å².